The van der Waals surface area contributed by atoms with Gasteiger partial charge in [-0.3, -0.25) is 4.98 Å². The van der Waals surface area contributed by atoms with Crippen LogP contribution < -0.4 is 4.74 Å². The van der Waals surface area contributed by atoms with E-state index in [1.54, 1.807) is 6.20 Å². The average molecular weight is 440 g/mol. The fourth-order valence-electron chi connectivity index (χ4n) is 3.73. The number of aliphatic hydroxyl groups is 2. The zero-order valence-electron chi connectivity index (χ0n) is 19.6. The van der Waals surface area contributed by atoms with Crippen molar-refractivity contribution in [3.63, 3.8) is 0 Å². The highest BCUT2D eigenvalue weighted by Crippen LogP contribution is 2.31. The number of hydrogen-bond acceptors (Lipinski definition) is 7. The van der Waals surface area contributed by atoms with Gasteiger partial charge in [0, 0.05) is 17.5 Å². The van der Waals surface area contributed by atoms with Crippen LogP contribution in [0.1, 0.15) is 50.1 Å². The summed E-state index contributed by atoms with van der Waals surface area (Å²) in [5.74, 6) is 2.20. The molecule has 2 aromatic heterocycles. The lowest BCUT2D eigenvalue weighted by molar-refractivity contribution is 0.0531. The van der Waals surface area contributed by atoms with E-state index in [4.69, 9.17) is 14.4 Å². The van der Waals surface area contributed by atoms with E-state index in [2.05, 4.69) is 42.0 Å². The van der Waals surface area contributed by atoms with E-state index in [9.17, 15) is 5.11 Å². The second-order valence-corrected chi connectivity index (χ2v) is 8.49. The van der Waals surface area contributed by atoms with Crippen LogP contribution in [0.2, 0.25) is 0 Å². The smallest absolute Gasteiger partial charge is 0.259 e. The first-order chi connectivity index (χ1) is 15.4. The quantitative estimate of drug-likeness (QED) is 0.489. The van der Waals surface area contributed by atoms with Gasteiger partial charge >= 0.3 is 0 Å². The maximum Gasteiger partial charge on any atom is 0.259 e. The molecule has 7 nitrogen and oxygen atoms in total. The van der Waals surface area contributed by atoms with Gasteiger partial charge in [0.05, 0.1) is 12.2 Å². The number of aliphatic hydroxyl groups excluding tert-OH is 2. The predicted molar refractivity (Wildman–Crippen MR) is 124 cm³/mol. The summed E-state index contributed by atoms with van der Waals surface area (Å²) in [6.45, 7) is 10.2. The number of pyridine rings is 1. The maximum absolute atomic E-state index is 9.61. The molecule has 0 bridgehead atoms. The third-order valence-corrected chi connectivity index (χ3v) is 5.32. The Labute approximate surface area is 189 Å². The molecular weight excluding hydrogens is 406 g/mol. The van der Waals surface area contributed by atoms with Crippen molar-refractivity contribution >= 4 is 0 Å². The Morgan fingerprint density at radius 3 is 2.47 bits per heavy atom. The number of nitrogens with zero attached hydrogens (tertiary/aromatic N) is 3. The molecular formula is C25H33N3O4. The zero-order valence-corrected chi connectivity index (χ0v) is 19.6. The molecule has 0 aliphatic rings. The van der Waals surface area contributed by atoms with Crippen LogP contribution in [0.15, 0.2) is 28.9 Å². The molecule has 3 aromatic rings. The van der Waals surface area contributed by atoms with E-state index in [0.29, 0.717) is 23.4 Å². The Kier molecular flexibility index (Phi) is 7.99. The summed E-state index contributed by atoms with van der Waals surface area (Å²) >= 11 is 0. The molecule has 0 unspecified atom stereocenters. The Morgan fingerprint density at radius 2 is 1.81 bits per heavy atom. The first-order valence-electron chi connectivity index (χ1n) is 11.2. The van der Waals surface area contributed by atoms with Crippen molar-refractivity contribution in [2.75, 3.05) is 13.2 Å². The van der Waals surface area contributed by atoms with E-state index in [1.807, 2.05) is 26.0 Å². The minimum Gasteiger partial charge on any atom is -0.490 e. The molecule has 0 saturated carbocycles. The monoisotopic (exact) mass is 439 g/mol. The minimum absolute atomic E-state index is 0.0372. The molecule has 0 aliphatic carbocycles. The Bertz CT molecular complexity index is 1050. The molecule has 3 rings (SSSR count). The van der Waals surface area contributed by atoms with Crippen molar-refractivity contribution in [2.45, 2.75) is 60.0 Å². The van der Waals surface area contributed by atoms with Crippen LogP contribution in [0.25, 0.3) is 22.8 Å². The van der Waals surface area contributed by atoms with E-state index in [1.165, 1.54) is 5.56 Å². The van der Waals surface area contributed by atoms with Gasteiger partial charge in [0.1, 0.15) is 18.5 Å². The minimum atomic E-state index is -0.910. The van der Waals surface area contributed by atoms with E-state index < -0.39 is 6.10 Å². The molecule has 0 fully saturated rings. The number of benzene rings is 1. The van der Waals surface area contributed by atoms with Crippen LogP contribution in [-0.4, -0.2) is 44.7 Å². The Hall–Kier alpha value is -2.77. The highest BCUT2D eigenvalue weighted by molar-refractivity contribution is 5.64. The molecule has 0 saturated heterocycles. The third kappa shape index (κ3) is 5.53. The molecule has 0 amide bonds. The van der Waals surface area contributed by atoms with Gasteiger partial charge in [0.2, 0.25) is 5.82 Å². The van der Waals surface area contributed by atoms with Crippen LogP contribution in [0.3, 0.4) is 0 Å². The van der Waals surface area contributed by atoms with Gasteiger partial charge in [0.25, 0.3) is 5.89 Å². The van der Waals surface area contributed by atoms with Gasteiger partial charge in [-0.05, 0) is 67.0 Å². The van der Waals surface area contributed by atoms with E-state index >= 15 is 0 Å². The number of rotatable bonds is 10. The molecule has 32 heavy (non-hydrogen) atoms. The van der Waals surface area contributed by atoms with Gasteiger partial charge < -0.3 is 19.5 Å². The summed E-state index contributed by atoms with van der Waals surface area (Å²) in [6.07, 6.45) is 3.47. The standard InChI is InChI=1S/C25H33N3O4/c1-6-17-10-19(9-16(5)23(17)31-14-21(30)13-29)24-27-25(32-28-24)20-11-18(8-15(3)4)22(7-2)26-12-20/h9-12,15,21,29-30H,6-8,13-14H2,1-5H3/t21-/m0/s1. The average Bonchev–Trinajstić information content (AvgIpc) is 3.27. The van der Waals surface area contributed by atoms with Crippen molar-refractivity contribution in [3.05, 3.63) is 46.8 Å². The normalized spacial score (nSPS) is 12.4. The lowest BCUT2D eigenvalue weighted by Gasteiger charge is -2.16. The second kappa shape index (κ2) is 10.7. The van der Waals surface area contributed by atoms with Gasteiger partial charge in [-0.2, -0.15) is 4.98 Å². The number of ether oxygens (including phenoxy) is 1. The molecule has 172 valence electrons. The Morgan fingerprint density at radius 1 is 1.06 bits per heavy atom. The summed E-state index contributed by atoms with van der Waals surface area (Å²) in [4.78, 5) is 9.25. The molecule has 0 spiro atoms. The topological polar surface area (TPSA) is 102 Å². The summed E-state index contributed by atoms with van der Waals surface area (Å²) in [5, 5.41) is 22.8. The van der Waals surface area contributed by atoms with Crippen LogP contribution >= 0.6 is 0 Å². The summed E-state index contributed by atoms with van der Waals surface area (Å²) in [6, 6.07) is 6.03. The summed E-state index contributed by atoms with van der Waals surface area (Å²) < 4.78 is 11.3. The zero-order chi connectivity index (χ0) is 23.3. The van der Waals surface area contributed by atoms with Crippen LogP contribution in [-0.2, 0) is 19.3 Å². The largest absolute Gasteiger partial charge is 0.490 e. The van der Waals surface area contributed by atoms with Gasteiger partial charge in [0.15, 0.2) is 0 Å². The fraction of sp³-hybridized carbons (Fsp3) is 0.480. The molecule has 1 aromatic carbocycles. The SMILES string of the molecule is CCc1cc(-c2noc(-c3cnc(CC)c(CC(C)C)c3)n2)cc(C)c1OC[C@@H](O)CO. The first kappa shape index (κ1) is 23.9. The molecule has 2 heterocycles. The molecule has 2 N–H and O–H groups in total. The molecule has 0 radical (unpaired) electrons. The van der Waals surface area contributed by atoms with Gasteiger partial charge in [-0.15, -0.1) is 0 Å². The highest BCUT2D eigenvalue weighted by Gasteiger charge is 2.17. The predicted octanol–water partition coefficient (Wildman–Crippen LogP) is 4.16. The number of aromatic nitrogens is 3. The van der Waals surface area contributed by atoms with Crippen LogP contribution in [0.4, 0.5) is 0 Å². The van der Waals surface area contributed by atoms with Crippen molar-refractivity contribution in [3.8, 4) is 28.6 Å². The molecule has 0 aliphatic heterocycles. The molecule has 7 heteroatoms. The third-order valence-electron chi connectivity index (χ3n) is 5.32. The summed E-state index contributed by atoms with van der Waals surface area (Å²) in [5.41, 5.74) is 5.86. The number of aryl methyl sites for hydroxylation is 3. The maximum atomic E-state index is 9.61. The highest BCUT2D eigenvalue weighted by atomic mass is 16.5. The molecule has 1 atom stereocenters. The summed E-state index contributed by atoms with van der Waals surface area (Å²) in [7, 11) is 0. The van der Waals surface area contributed by atoms with Crippen molar-refractivity contribution in [2.24, 2.45) is 5.92 Å². The first-order valence-corrected chi connectivity index (χ1v) is 11.2. The Balaban J connectivity index is 1.90. The lowest BCUT2D eigenvalue weighted by Crippen LogP contribution is -2.22. The van der Waals surface area contributed by atoms with Gasteiger partial charge in [-0.1, -0.05) is 32.9 Å². The fourth-order valence-corrected chi connectivity index (χ4v) is 3.73. The van der Waals surface area contributed by atoms with Crippen molar-refractivity contribution < 1.29 is 19.5 Å². The van der Waals surface area contributed by atoms with Crippen molar-refractivity contribution in [1.82, 2.24) is 15.1 Å². The van der Waals surface area contributed by atoms with E-state index in [-0.39, 0.29) is 13.2 Å². The van der Waals surface area contributed by atoms with Crippen molar-refractivity contribution in [1.29, 1.82) is 0 Å². The van der Waals surface area contributed by atoms with E-state index in [0.717, 1.165) is 47.2 Å². The van der Waals surface area contributed by atoms with Crippen LogP contribution in [0, 0.1) is 12.8 Å². The lowest BCUT2D eigenvalue weighted by atomic mass is 9.99. The van der Waals surface area contributed by atoms with Gasteiger partial charge in [-0.25, -0.2) is 0 Å². The number of hydrogen-bond donors (Lipinski definition) is 2. The van der Waals surface area contributed by atoms with Crippen LogP contribution in [0.5, 0.6) is 5.75 Å². The second-order valence-electron chi connectivity index (χ2n) is 8.49.